The first-order chi connectivity index (χ1) is 6.65. The van der Waals surface area contributed by atoms with Gasteiger partial charge in [-0.2, -0.15) is 5.10 Å². The van der Waals surface area contributed by atoms with E-state index >= 15 is 0 Å². The van der Waals surface area contributed by atoms with Gasteiger partial charge in [-0.3, -0.25) is 4.79 Å². The molecule has 0 aliphatic carbocycles. The van der Waals surface area contributed by atoms with Crippen LogP contribution < -0.4 is 5.73 Å². The molecule has 0 amide bonds. The average Bonchev–Trinajstić information content (AvgIpc) is 2.53. The third-order valence-corrected chi connectivity index (χ3v) is 1.97. The minimum atomic E-state index is -0.429. The molecule has 0 saturated heterocycles. The highest BCUT2D eigenvalue weighted by Gasteiger charge is 2.12. The molecule has 5 heteroatoms. The van der Waals surface area contributed by atoms with Gasteiger partial charge in [-0.1, -0.05) is 6.92 Å². The summed E-state index contributed by atoms with van der Waals surface area (Å²) in [6.07, 6.45) is 2.72. The molecule has 0 aliphatic heterocycles. The fraction of sp³-hybridized carbons (Fsp3) is 0.667. The second kappa shape index (κ2) is 4.85. The van der Waals surface area contributed by atoms with Crippen molar-refractivity contribution in [1.82, 2.24) is 14.8 Å². The summed E-state index contributed by atoms with van der Waals surface area (Å²) in [6, 6.07) is -0.429. The molecular weight excluding hydrogens is 180 g/mol. The van der Waals surface area contributed by atoms with Crippen LogP contribution in [0.2, 0.25) is 0 Å². The van der Waals surface area contributed by atoms with Crippen molar-refractivity contribution in [3.8, 4) is 0 Å². The van der Waals surface area contributed by atoms with Gasteiger partial charge in [0.1, 0.15) is 12.2 Å². The van der Waals surface area contributed by atoms with Crippen LogP contribution in [0.25, 0.3) is 0 Å². The Labute approximate surface area is 83.3 Å². The minimum absolute atomic E-state index is 0.00430. The maximum Gasteiger partial charge on any atom is 0.156 e. The SMILES string of the molecule is CCCn1ncnc1CC(=O)C(C)N. The highest BCUT2D eigenvalue weighted by atomic mass is 16.1. The molecule has 1 aromatic rings. The van der Waals surface area contributed by atoms with Gasteiger partial charge >= 0.3 is 0 Å². The number of nitrogens with two attached hydrogens (primary N) is 1. The minimum Gasteiger partial charge on any atom is -0.322 e. The lowest BCUT2D eigenvalue weighted by atomic mass is 10.1. The van der Waals surface area contributed by atoms with Crippen molar-refractivity contribution in [1.29, 1.82) is 0 Å². The first kappa shape index (κ1) is 10.8. The first-order valence-electron chi connectivity index (χ1n) is 4.80. The molecule has 0 aliphatic rings. The van der Waals surface area contributed by atoms with Crippen LogP contribution in [0.15, 0.2) is 6.33 Å². The smallest absolute Gasteiger partial charge is 0.156 e. The number of hydrogen-bond acceptors (Lipinski definition) is 4. The van der Waals surface area contributed by atoms with Crippen LogP contribution in [-0.4, -0.2) is 26.6 Å². The van der Waals surface area contributed by atoms with Crippen LogP contribution in [0.5, 0.6) is 0 Å². The van der Waals surface area contributed by atoms with E-state index in [9.17, 15) is 4.79 Å². The predicted octanol–water partition coefficient (Wildman–Crippen LogP) is 0.147. The number of aromatic nitrogens is 3. The lowest BCUT2D eigenvalue weighted by molar-refractivity contribution is -0.119. The van der Waals surface area contributed by atoms with Crippen LogP contribution in [0.1, 0.15) is 26.1 Å². The van der Waals surface area contributed by atoms with E-state index in [4.69, 9.17) is 5.73 Å². The normalized spacial score (nSPS) is 12.8. The summed E-state index contributed by atoms with van der Waals surface area (Å²) in [7, 11) is 0. The molecule has 1 unspecified atom stereocenters. The molecular formula is C9H16N4O. The Bertz CT molecular complexity index is 306. The molecule has 0 bridgehead atoms. The number of ketones is 1. The van der Waals surface area contributed by atoms with Crippen LogP contribution >= 0.6 is 0 Å². The first-order valence-corrected chi connectivity index (χ1v) is 4.80. The molecule has 1 rings (SSSR count). The number of hydrogen-bond donors (Lipinski definition) is 1. The summed E-state index contributed by atoms with van der Waals surface area (Å²) in [5.74, 6) is 0.699. The molecule has 1 aromatic heterocycles. The zero-order chi connectivity index (χ0) is 10.6. The zero-order valence-corrected chi connectivity index (χ0v) is 8.60. The van der Waals surface area contributed by atoms with E-state index in [2.05, 4.69) is 17.0 Å². The molecule has 5 nitrogen and oxygen atoms in total. The number of carbonyl (C=O) groups is 1. The maximum atomic E-state index is 11.4. The summed E-state index contributed by atoms with van der Waals surface area (Å²) in [5, 5.41) is 4.03. The maximum absolute atomic E-state index is 11.4. The number of nitrogens with zero attached hydrogens (tertiary/aromatic N) is 3. The fourth-order valence-electron chi connectivity index (χ4n) is 1.14. The summed E-state index contributed by atoms with van der Waals surface area (Å²) >= 11 is 0. The second-order valence-corrected chi connectivity index (χ2v) is 3.33. The number of carbonyl (C=O) groups excluding carboxylic acids is 1. The fourth-order valence-corrected chi connectivity index (χ4v) is 1.14. The quantitative estimate of drug-likeness (QED) is 0.727. The summed E-state index contributed by atoms with van der Waals surface area (Å²) < 4.78 is 1.75. The van der Waals surface area contributed by atoms with Crippen LogP contribution in [0.3, 0.4) is 0 Å². The van der Waals surface area contributed by atoms with Gasteiger partial charge in [-0.25, -0.2) is 9.67 Å². The Balaban J connectivity index is 2.66. The molecule has 0 saturated carbocycles. The van der Waals surface area contributed by atoms with E-state index in [-0.39, 0.29) is 12.2 Å². The van der Waals surface area contributed by atoms with Crippen molar-refractivity contribution in [2.75, 3.05) is 0 Å². The van der Waals surface area contributed by atoms with E-state index in [1.807, 2.05) is 0 Å². The van der Waals surface area contributed by atoms with E-state index in [0.717, 1.165) is 13.0 Å². The second-order valence-electron chi connectivity index (χ2n) is 3.33. The lowest BCUT2D eigenvalue weighted by Gasteiger charge is -2.05. The van der Waals surface area contributed by atoms with Gasteiger partial charge in [0.05, 0.1) is 12.5 Å². The topological polar surface area (TPSA) is 73.8 Å². The van der Waals surface area contributed by atoms with E-state index in [0.29, 0.717) is 5.82 Å². The van der Waals surface area contributed by atoms with Gasteiger partial charge in [0.2, 0.25) is 0 Å². The van der Waals surface area contributed by atoms with Gasteiger partial charge in [0.15, 0.2) is 5.78 Å². The van der Waals surface area contributed by atoms with Crippen molar-refractivity contribution in [3.05, 3.63) is 12.2 Å². The molecule has 0 spiro atoms. The molecule has 0 fully saturated rings. The number of Topliss-reactive ketones (excluding diaryl/α,β-unsaturated/α-hetero) is 1. The highest BCUT2D eigenvalue weighted by Crippen LogP contribution is 1.99. The van der Waals surface area contributed by atoms with Crippen molar-refractivity contribution in [2.24, 2.45) is 5.73 Å². The molecule has 78 valence electrons. The van der Waals surface area contributed by atoms with Crippen molar-refractivity contribution in [2.45, 2.75) is 39.3 Å². The standard InChI is InChI=1S/C9H16N4O/c1-3-4-13-9(11-6-12-13)5-8(14)7(2)10/h6-7H,3-5,10H2,1-2H3. The third-order valence-electron chi connectivity index (χ3n) is 1.97. The van der Waals surface area contributed by atoms with Crippen LogP contribution in [-0.2, 0) is 17.8 Å². The Morgan fingerprint density at radius 3 is 3.00 bits per heavy atom. The van der Waals surface area contributed by atoms with E-state index in [1.54, 1.807) is 11.6 Å². The average molecular weight is 196 g/mol. The number of rotatable bonds is 5. The van der Waals surface area contributed by atoms with Gasteiger partial charge in [-0.15, -0.1) is 0 Å². The van der Waals surface area contributed by atoms with Gasteiger partial charge in [-0.05, 0) is 13.3 Å². The van der Waals surface area contributed by atoms with E-state index < -0.39 is 6.04 Å². The Hall–Kier alpha value is -1.23. The van der Waals surface area contributed by atoms with Gasteiger partial charge in [0, 0.05) is 6.54 Å². The van der Waals surface area contributed by atoms with Gasteiger partial charge in [0.25, 0.3) is 0 Å². The highest BCUT2D eigenvalue weighted by molar-refractivity contribution is 5.84. The number of aryl methyl sites for hydroxylation is 1. The Kier molecular flexibility index (Phi) is 3.76. The molecule has 1 heterocycles. The Morgan fingerprint density at radius 1 is 1.71 bits per heavy atom. The third kappa shape index (κ3) is 2.63. The summed E-state index contributed by atoms with van der Waals surface area (Å²) in [4.78, 5) is 15.4. The van der Waals surface area contributed by atoms with Crippen molar-refractivity contribution >= 4 is 5.78 Å². The summed E-state index contributed by atoms with van der Waals surface area (Å²) in [5.41, 5.74) is 5.47. The van der Waals surface area contributed by atoms with Crippen molar-refractivity contribution < 1.29 is 4.79 Å². The molecule has 0 radical (unpaired) electrons. The predicted molar refractivity (Wildman–Crippen MR) is 52.7 cm³/mol. The Morgan fingerprint density at radius 2 is 2.43 bits per heavy atom. The molecule has 2 N–H and O–H groups in total. The largest absolute Gasteiger partial charge is 0.322 e. The molecule has 0 aromatic carbocycles. The van der Waals surface area contributed by atoms with Gasteiger partial charge < -0.3 is 5.73 Å². The van der Waals surface area contributed by atoms with Crippen molar-refractivity contribution in [3.63, 3.8) is 0 Å². The molecule has 14 heavy (non-hydrogen) atoms. The van der Waals surface area contributed by atoms with Crippen LogP contribution in [0, 0.1) is 0 Å². The summed E-state index contributed by atoms with van der Waals surface area (Å²) in [6.45, 7) is 4.53. The monoisotopic (exact) mass is 196 g/mol. The van der Waals surface area contributed by atoms with E-state index in [1.165, 1.54) is 6.33 Å². The van der Waals surface area contributed by atoms with Crippen LogP contribution in [0.4, 0.5) is 0 Å². The zero-order valence-electron chi connectivity index (χ0n) is 8.60. The molecule has 1 atom stereocenters. The lowest BCUT2D eigenvalue weighted by Crippen LogP contribution is -2.29.